The summed E-state index contributed by atoms with van der Waals surface area (Å²) in [6.45, 7) is 2.44. The first-order valence-electron chi connectivity index (χ1n) is 6.06. The maximum absolute atomic E-state index is 11.3. The predicted molar refractivity (Wildman–Crippen MR) is 86.2 cm³/mol. The summed E-state index contributed by atoms with van der Waals surface area (Å²) in [7, 11) is 0. The number of primary amides is 1. The van der Waals surface area contributed by atoms with E-state index < -0.39 is 5.91 Å². The molecule has 0 atom stereocenters. The quantitative estimate of drug-likeness (QED) is 0.868. The van der Waals surface area contributed by atoms with Crippen molar-refractivity contribution in [1.29, 1.82) is 0 Å². The van der Waals surface area contributed by atoms with Gasteiger partial charge in [-0.3, -0.25) is 4.79 Å². The second-order valence-electron chi connectivity index (χ2n) is 4.43. The number of benzene rings is 2. The van der Waals surface area contributed by atoms with E-state index in [2.05, 4.69) is 21.2 Å². The highest BCUT2D eigenvalue weighted by molar-refractivity contribution is 9.10. The third-order valence-corrected chi connectivity index (χ3v) is 3.94. The van der Waals surface area contributed by atoms with E-state index in [9.17, 15) is 4.79 Å². The summed E-state index contributed by atoms with van der Waals surface area (Å²) in [6.07, 6.45) is 0. The fourth-order valence-corrected chi connectivity index (χ4v) is 2.56. The molecule has 2 aromatic carbocycles. The van der Waals surface area contributed by atoms with Gasteiger partial charge in [-0.05, 0) is 48.4 Å². The van der Waals surface area contributed by atoms with Crippen molar-refractivity contribution in [3.05, 3.63) is 62.6 Å². The molecule has 2 rings (SSSR count). The Morgan fingerprint density at radius 2 is 2.10 bits per heavy atom. The number of nitrogens with two attached hydrogens (primary N) is 1. The van der Waals surface area contributed by atoms with Crippen molar-refractivity contribution in [2.45, 2.75) is 13.5 Å². The van der Waals surface area contributed by atoms with Crippen LogP contribution in [0.1, 0.15) is 21.5 Å². The molecule has 0 spiro atoms. The SMILES string of the molecule is Cc1c(NCc2cc(Br)ccc2Cl)cccc1C(N)=O. The van der Waals surface area contributed by atoms with Crippen LogP contribution in [-0.2, 0) is 6.54 Å². The molecule has 3 N–H and O–H groups in total. The molecular weight excluding hydrogens is 340 g/mol. The lowest BCUT2D eigenvalue weighted by atomic mass is 10.1. The predicted octanol–water partition coefficient (Wildman–Crippen LogP) is 4.12. The molecule has 0 saturated carbocycles. The highest BCUT2D eigenvalue weighted by atomic mass is 79.9. The Morgan fingerprint density at radius 1 is 1.35 bits per heavy atom. The lowest BCUT2D eigenvalue weighted by molar-refractivity contribution is 0.1000. The van der Waals surface area contributed by atoms with Gasteiger partial charge in [0.25, 0.3) is 0 Å². The summed E-state index contributed by atoms with van der Waals surface area (Å²) in [4.78, 5) is 11.3. The highest BCUT2D eigenvalue weighted by Gasteiger charge is 2.08. The molecule has 0 fully saturated rings. The molecule has 3 nitrogen and oxygen atoms in total. The number of rotatable bonds is 4. The lowest BCUT2D eigenvalue weighted by Gasteiger charge is -2.13. The molecule has 0 radical (unpaired) electrons. The van der Waals surface area contributed by atoms with Gasteiger partial charge in [0.05, 0.1) is 0 Å². The number of carbonyl (C=O) groups is 1. The minimum atomic E-state index is -0.424. The van der Waals surface area contributed by atoms with Crippen LogP contribution in [0.3, 0.4) is 0 Å². The van der Waals surface area contributed by atoms with E-state index in [1.807, 2.05) is 31.2 Å². The number of anilines is 1. The van der Waals surface area contributed by atoms with E-state index in [0.29, 0.717) is 17.1 Å². The molecule has 20 heavy (non-hydrogen) atoms. The van der Waals surface area contributed by atoms with Crippen molar-refractivity contribution in [3.8, 4) is 0 Å². The van der Waals surface area contributed by atoms with Crippen molar-refractivity contribution >= 4 is 39.1 Å². The topological polar surface area (TPSA) is 55.1 Å². The van der Waals surface area contributed by atoms with Gasteiger partial charge in [0.2, 0.25) is 5.91 Å². The van der Waals surface area contributed by atoms with Gasteiger partial charge in [0.15, 0.2) is 0 Å². The average molecular weight is 354 g/mol. The van der Waals surface area contributed by atoms with Gasteiger partial charge in [-0.15, -0.1) is 0 Å². The Morgan fingerprint density at radius 3 is 2.80 bits per heavy atom. The first-order valence-corrected chi connectivity index (χ1v) is 7.23. The van der Waals surface area contributed by atoms with Gasteiger partial charge < -0.3 is 11.1 Å². The molecule has 0 aliphatic heterocycles. The Bertz CT molecular complexity index is 658. The minimum Gasteiger partial charge on any atom is -0.381 e. The number of halogens is 2. The van der Waals surface area contributed by atoms with Gasteiger partial charge in [-0.1, -0.05) is 33.6 Å². The van der Waals surface area contributed by atoms with Crippen molar-refractivity contribution in [3.63, 3.8) is 0 Å². The van der Waals surface area contributed by atoms with E-state index in [4.69, 9.17) is 17.3 Å². The molecule has 0 aromatic heterocycles. The van der Waals surface area contributed by atoms with E-state index in [1.54, 1.807) is 12.1 Å². The molecule has 5 heteroatoms. The van der Waals surface area contributed by atoms with Crippen LogP contribution in [0.15, 0.2) is 40.9 Å². The molecule has 0 aliphatic rings. The summed E-state index contributed by atoms with van der Waals surface area (Å²) < 4.78 is 0.973. The second-order valence-corrected chi connectivity index (χ2v) is 5.75. The van der Waals surface area contributed by atoms with Crippen LogP contribution in [0.5, 0.6) is 0 Å². The summed E-state index contributed by atoms with van der Waals surface area (Å²) in [5.74, 6) is -0.424. The van der Waals surface area contributed by atoms with Gasteiger partial charge in [0.1, 0.15) is 0 Å². The largest absolute Gasteiger partial charge is 0.381 e. The molecule has 0 aliphatic carbocycles. The Balaban J connectivity index is 2.21. The standard InChI is InChI=1S/C15H14BrClN2O/c1-9-12(15(18)20)3-2-4-14(9)19-8-10-7-11(16)5-6-13(10)17/h2-7,19H,8H2,1H3,(H2,18,20). The molecule has 0 bridgehead atoms. The number of amides is 1. The van der Waals surface area contributed by atoms with Crippen LogP contribution in [0, 0.1) is 6.92 Å². The third-order valence-electron chi connectivity index (χ3n) is 3.08. The Kier molecular flexibility index (Phi) is 4.68. The molecular formula is C15H14BrClN2O. The maximum atomic E-state index is 11.3. The zero-order chi connectivity index (χ0) is 14.7. The number of hydrogen-bond acceptors (Lipinski definition) is 2. The zero-order valence-electron chi connectivity index (χ0n) is 10.9. The number of carbonyl (C=O) groups excluding carboxylic acids is 1. The van der Waals surface area contributed by atoms with E-state index >= 15 is 0 Å². The molecule has 104 valence electrons. The number of nitrogens with one attached hydrogen (secondary N) is 1. The molecule has 0 unspecified atom stereocenters. The fraction of sp³-hybridized carbons (Fsp3) is 0.133. The van der Waals surface area contributed by atoms with Crippen molar-refractivity contribution in [2.75, 3.05) is 5.32 Å². The van der Waals surface area contributed by atoms with Crippen LogP contribution in [0.25, 0.3) is 0 Å². The highest BCUT2D eigenvalue weighted by Crippen LogP contribution is 2.24. The van der Waals surface area contributed by atoms with Gasteiger partial charge in [0, 0.05) is 27.3 Å². The van der Waals surface area contributed by atoms with Crippen LogP contribution in [0.4, 0.5) is 5.69 Å². The van der Waals surface area contributed by atoms with Crippen LogP contribution >= 0.6 is 27.5 Å². The van der Waals surface area contributed by atoms with Crippen LogP contribution < -0.4 is 11.1 Å². The van der Waals surface area contributed by atoms with E-state index in [0.717, 1.165) is 21.3 Å². The van der Waals surface area contributed by atoms with Crippen LogP contribution in [0.2, 0.25) is 5.02 Å². The molecule has 0 heterocycles. The first kappa shape index (κ1) is 14.9. The summed E-state index contributed by atoms with van der Waals surface area (Å²) in [6, 6.07) is 11.1. The van der Waals surface area contributed by atoms with Crippen molar-refractivity contribution in [1.82, 2.24) is 0 Å². The summed E-state index contributed by atoms with van der Waals surface area (Å²) in [5, 5.41) is 3.98. The van der Waals surface area contributed by atoms with Crippen molar-refractivity contribution in [2.24, 2.45) is 5.73 Å². The second kappa shape index (κ2) is 6.29. The van der Waals surface area contributed by atoms with E-state index in [-0.39, 0.29) is 0 Å². The smallest absolute Gasteiger partial charge is 0.249 e. The van der Waals surface area contributed by atoms with Gasteiger partial charge >= 0.3 is 0 Å². The molecule has 1 amide bonds. The van der Waals surface area contributed by atoms with Crippen LogP contribution in [-0.4, -0.2) is 5.91 Å². The fourth-order valence-electron chi connectivity index (χ4n) is 1.96. The van der Waals surface area contributed by atoms with Gasteiger partial charge in [-0.2, -0.15) is 0 Å². The zero-order valence-corrected chi connectivity index (χ0v) is 13.3. The normalized spacial score (nSPS) is 10.3. The summed E-state index contributed by atoms with van der Waals surface area (Å²) in [5.41, 5.74) is 8.55. The summed E-state index contributed by atoms with van der Waals surface area (Å²) >= 11 is 9.57. The lowest BCUT2D eigenvalue weighted by Crippen LogP contribution is -2.14. The monoisotopic (exact) mass is 352 g/mol. The Hall–Kier alpha value is -1.52. The van der Waals surface area contributed by atoms with Gasteiger partial charge in [-0.25, -0.2) is 0 Å². The minimum absolute atomic E-state index is 0.424. The average Bonchev–Trinajstić information content (AvgIpc) is 2.41. The third kappa shape index (κ3) is 3.32. The van der Waals surface area contributed by atoms with E-state index in [1.165, 1.54) is 0 Å². The maximum Gasteiger partial charge on any atom is 0.249 e. The molecule has 0 saturated heterocycles. The number of hydrogen-bond donors (Lipinski definition) is 2. The first-order chi connectivity index (χ1) is 9.49. The Labute approximate surface area is 131 Å². The molecule has 2 aromatic rings. The van der Waals surface area contributed by atoms with Crippen molar-refractivity contribution < 1.29 is 4.79 Å².